The molecule has 0 aromatic heterocycles. The lowest BCUT2D eigenvalue weighted by molar-refractivity contribution is -0.164. The zero-order valence-corrected chi connectivity index (χ0v) is 12.2. The third kappa shape index (κ3) is 2.18. The summed E-state index contributed by atoms with van der Waals surface area (Å²) in [5.74, 6) is -0.0572. The van der Waals surface area contributed by atoms with Gasteiger partial charge in [-0.3, -0.25) is 14.5 Å². The van der Waals surface area contributed by atoms with E-state index in [4.69, 9.17) is 0 Å². The predicted molar refractivity (Wildman–Crippen MR) is 74.9 cm³/mol. The molecule has 4 nitrogen and oxygen atoms in total. The Kier molecular flexibility index (Phi) is 3.61. The average molecular weight is 279 g/mol. The van der Waals surface area contributed by atoms with Crippen LogP contribution in [0.4, 0.5) is 0 Å². The average Bonchev–Trinajstić information content (AvgIpc) is 2.88. The van der Waals surface area contributed by atoms with E-state index in [0.717, 1.165) is 51.4 Å². The van der Waals surface area contributed by atoms with Crippen molar-refractivity contribution in [2.75, 3.05) is 6.61 Å². The molecule has 0 bridgehead atoms. The Labute approximate surface area is 120 Å². The standard InChI is InChI=1S/C16H25NO3/c18-12-16(8-4-5-9-16)17-13(19)10-15(11-14(17)20)6-2-1-3-7-15/h18H,1-12H2. The molecule has 0 aromatic carbocycles. The maximum Gasteiger partial charge on any atom is 0.230 e. The van der Waals surface area contributed by atoms with E-state index < -0.39 is 5.54 Å². The van der Waals surface area contributed by atoms with Gasteiger partial charge in [0.05, 0.1) is 12.1 Å². The van der Waals surface area contributed by atoms with Gasteiger partial charge in [0, 0.05) is 12.8 Å². The van der Waals surface area contributed by atoms with Crippen LogP contribution in [0, 0.1) is 5.41 Å². The number of imide groups is 1. The number of piperidine rings is 1. The molecule has 1 saturated heterocycles. The normalized spacial score (nSPS) is 29.1. The molecule has 1 N–H and O–H groups in total. The molecule has 2 saturated carbocycles. The highest BCUT2D eigenvalue weighted by Crippen LogP contribution is 2.48. The van der Waals surface area contributed by atoms with Gasteiger partial charge in [-0.2, -0.15) is 0 Å². The number of hydrogen-bond acceptors (Lipinski definition) is 3. The van der Waals surface area contributed by atoms with E-state index in [1.807, 2.05) is 0 Å². The van der Waals surface area contributed by atoms with Crippen LogP contribution < -0.4 is 0 Å². The largest absolute Gasteiger partial charge is 0.394 e. The van der Waals surface area contributed by atoms with Gasteiger partial charge in [-0.05, 0) is 31.1 Å². The number of hydrogen-bond donors (Lipinski definition) is 1. The maximum absolute atomic E-state index is 12.6. The van der Waals surface area contributed by atoms with Crippen LogP contribution in [0.25, 0.3) is 0 Å². The van der Waals surface area contributed by atoms with Crippen molar-refractivity contribution in [2.45, 2.75) is 76.2 Å². The zero-order chi connectivity index (χ0) is 14.2. The van der Waals surface area contributed by atoms with Crippen LogP contribution in [0.2, 0.25) is 0 Å². The van der Waals surface area contributed by atoms with Gasteiger partial charge in [-0.25, -0.2) is 0 Å². The van der Waals surface area contributed by atoms with E-state index in [-0.39, 0.29) is 23.8 Å². The highest BCUT2D eigenvalue weighted by Gasteiger charge is 2.51. The number of amides is 2. The fourth-order valence-corrected chi connectivity index (χ4v) is 4.67. The molecule has 2 amide bonds. The Bertz CT molecular complexity index is 386. The van der Waals surface area contributed by atoms with Crippen molar-refractivity contribution in [1.82, 2.24) is 4.90 Å². The zero-order valence-electron chi connectivity index (χ0n) is 12.2. The summed E-state index contributed by atoms with van der Waals surface area (Å²) >= 11 is 0. The summed E-state index contributed by atoms with van der Waals surface area (Å²) in [4.78, 5) is 26.7. The Morgan fingerprint density at radius 2 is 1.35 bits per heavy atom. The van der Waals surface area contributed by atoms with Crippen molar-refractivity contribution in [3.05, 3.63) is 0 Å². The van der Waals surface area contributed by atoms with Crippen molar-refractivity contribution in [2.24, 2.45) is 5.41 Å². The summed E-state index contributed by atoms with van der Waals surface area (Å²) in [6, 6.07) is 0. The second-order valence-corrected chi connectivity index (χ2v) is 7.13. The van der Waals surface area contributed by atoms with E-state index in [1.165, 1.54) is 11.3 Å². The van der Waals surface area contributed by atoms with Crippen LogP contribution in [0.5, 0.6) is 0 Å². The topological polar surface area (TPSA) is 57.6 Å². The van der Waals surface area contributed by atoms with Gasteiger partial charge >= 0.3 is 0 Å². The number of aliphatic hydroxyl groups excluding tert-OH is 1. The van der Waals surface area contributed by atoms with E-state index >= 15 is 0 Å². The molecule has 1 heterocycles. The first-order valence-corrected chi connectivity index (χ1v) is 8.08. The Morgan fingerprint density at radius 1 is 0.850 bits per heavy atom. The van der Waals surface area contributed by atoms with Crippen molar-refractivity contribution in [1.29, 1.82) is 0 Å². The summed E-state index contributed by atoms with van der Waals surface area (Å²) in [6.07, 6.45) is 10.1. The number of nitrogens with zero attached hydrogens (tertiary/aromatic N) is 1. The van der Waals surface area contributed by atoms with Gasteiger partial charge in [0.25, 0.3) is 0 Å². The van der Waals surface area contributed by atoms with E-state index in [9.17, 15) is 14.7 Å². The quantitative estimate of drug-likeness (QED) is 0.790. The number of aliphatic hydroxyl groups is 1. The summed E-state index contributed by atoms with van der Waals surface area (Å²) in [5, 5.41) is 9.76. The first kappa shape index (κ1) is 14.1. The molecular weight excluding hydrogens is 254 g/mol. The van der Waals surface area contributed by atoms with E-state index in [0.29, 0.717) is 12.8 Å². The van der Waals surface area contributed by atoms with Gasteiger partial charge in [-0.1, -0.05) is 32.1 Å². The van der Waals surface area contributed by atoms with E-state index in [1.54, 1.807) is 0 Å². The third-order valence-electron chi connectivity index (χ3n) is 5.77. The van der Waals surface area contributed by atoms with Crippen molar-refractivity contribution < 1.29 is 14.7 Å². The third-order valence-corrected chi connectivity index (χ3v) is 5.77. The highest BCUT2D eigenvalue weighted by atomic mass is 16.3. The molecule has 3 fully saturated rings. The van der Waals surface area contributed by atoms with Gasteiger partial charge in [0.15, 0.2) is 0 Å². The first-order valence-electron chi connectivity index (χ1n) is 8.08. The SMILES string of the molecule is O=C1CC2(CCCCC2)CC(=O)N1C1(CO)CCCC1. The molecule has 0 aromatic rings. The first-order chi connectivity index (χ1) is 9.61. The lowest BCUT2D eigenvalue weighted by Crippen LogP contribution is -2.60. The molecule has 4 heteroatoms. The number of carbonyl (C=O) groups is 2. The molecule has 3 aliphatic rings. The van der Waals surface area contributed by atoms with Crippen LogP contribution in [-0.4, -0.2) is 34.0 Å². The number of likely N-dealkylation sites (tertiary alicyclic amines) is 1. The van der Waals surface area contributed by atoms with Crippen molar-refractivity contribution in [3.8, 4) is 0 Å². The molecule has 0 radical (unpaired) electrons. The summed E-state index contributed by atoms with van der Waals surface area (Å²) < 4.78 is 0. The van der Waals surface area contributed by atoms with Crippen LogP contribution in [0.15, 0.2) is 0 Å². The number of rotatable bonds is 2. The Hall–Kier alpha value is -0.900. The second kappa shape index (κ2) is 5.14. The summed E-state index contributed by atoms with van der Waals surface area (Å²) in [6.45, 7) is -0.0719. The van der Waals surface area contributed by atoms with Crippen molar-refractivity contribution in [3.63, 3.8) is 0 Å². The minimum atomic E-state index is -0.579. The Morgan fingerprint density at radius 3 is 1.85 bits per heavy atom. The molecule has 0 unspecified atom stereocenters. The molecule has 3 rings (SSSR count). The van der Waals surface area contributed by atoms with Crippen LogP contribution in [0.3, 0.4) is 0 Å². The van der Waals surface area contributed by atoms with Crippen LogP contribution in [0.1, 0.15) is 70.6 Å². The summed E-state index contributed by atoms with van der Waals surface area (Å²) in [7, 11) is 0. The molecule has 112 valence electrons. The maximum atomic E-state index is 12.6. The van der Waals surface area contributed by atoms with Gasteiger partial charge in [-0.15, -0.1) is 0 Å². The fourth-order valence-electron chi connectivity index (χ4n) is 4.67. The van der Waals surface area contributed by atoms with Gasteiger partial charge in [0.2, 0.25) is 11.8 Å². The smallest absolute Gasteiger partial charge is 0.230 e. The van der Waals surface area contributed by atoms with Crippen molar-refractivity contribution >= 4 is 11.8 Å². The monoisotopic (exact) mass is 279 g/mol. The molecule has 1 aliphatic heterocycles. The lowest BCUT2D eigenvalue weighted by Gasteiger charge is -2.47. The molecule has 1 spiro atoms. The fraction of sp³-hybridized carbons (Fsp3) is 0.875. The van der Waals surface area contributed by atoms with E-state index in [2.05, 4.69) is 0 Å². The molecular formula is C16H25NO3. The highest BCUT2D eigenvalue weighted by molar-refractivity contribution is 5.99. The molecule has 0 atom stereocenters. The minimum absolute atomic E-state index is 0.0286. The molecule has 20 heavy (non-hydrogen) atoms. The van der Waals surface area contributed by atoms with Gasteiger partial charge < -0.3 is 5.11 Å². The predicted octanol–water partition coefficient (Wildman–Crippen LogP) is 2.39. The van der Waals surface area contributed by atoms with Crippen LogP contribution in [-0.2, 0) is 9.59 Å². The van der Waals surface area contributed by atoms with Crippen LogP contribution >= 0.6 is 0 Å². The second-order valence-electron chi connectivity index (χ2n) is 7.13. The minimum Gasteiger partial charge on any atom is -0.394 e. The summed E-state index contributed by atoms with van der Waals surface area (Å²) in [5.41, 5.74) is -0.636. The lowest BCUT2D eigenvalue weighted by atomic mass is 9.67. The molecule has 2 aliphatic carbocycles. The Balaban J connectivity index is 1.82. The number of carbonyl (C=O) groups excluding carboxylic acids is 2. The van der Waals surface area contributed by atoms with Gasteiger partial charge in [0.1, 0.15) is 0 Å².